The van der Waals surface area contributed by atoms with E-state index < -0.39 is 6.10 Å². The molecule has 1 aromatic carbocycles. The van der Waals surface area contributed by atoms with Crippen molar-refractivity contribution < 1.29 is 5.11 Å². The number of hydrogen-bond acceptors (Lipinski definition) is 3. The standard InChI is InChI=1S/C15H23BrN2O/c1-12(19)13-5-6-15(14(16)11-13)17(2)9-10-18-7-3-4-8-18/h5-6,11-12,19H,3-4,7-10H2,1-2H3/t12-/m0/s1. The maximum atomic E-state index is 9.58. The van der Waals surface area contributed by atoms with Crippen molar-refractivity contribution in [2.75, 3.05) is 38.1 Å². The van der Waals surface area contributed by atoms with Crippen LogP contribution >= 0.6 is 15.9 Å². The molecule has 19 heavy (non-hydrogen) atoms. The number of likely N-dealkylation sites (N-methyl/N-ethyl adjacent to an activating group) is 1. The average Bonchev–Trinajstić information content (AvgIpc) is 2.88. The van der Waals surface area contributed by atoms with E-state index in [1.807, 2.05) is 12.1 Å². The SMILES string of the molecule is C[C@H](O)c1ccc(N(C)CCN2CCCC2)c(Br)c1. The van der Waals surface area contributed by atoms with Crippen LogP contribution in [0, 0.1) is 0 Å². The van der Waals surface area contributed by atoms with Gasteiger partial charge in [0.25, 0.3) is 0 Å². The summed E-state index contributed by atoms with van der Waals surface area (Å²) in [5.41, 5.74) is 2.13. The maximum Gasteiger partial charge on any atom is 0.0762 e. The van der Waals surface area contributed by atoms with Gasteiger partial charge in [-0.25, -0.2) is 0 Å². The van der Waals surface area contributed by atoms with Gasteiger partial charge in [-0.3, -0.25) is 0 Å². The first-order valence-corrected chi connectivity index (χ1v) is 7.78. The van der Waals surface area contributed by atoms with Crippen LogP contribution in [0.4, 0.5) is 5.69 Å². The van der Waals surface area contributed by atoms with Crippen molar-refractivity contribution in [2.24, 2.45) is 0 Å². The molecule has 1 N–H and O–H groups in total. The van der Waals surface area contributed by atoms with Crippen molar-refractivity contribution in [3.05, 3.63) is 28.2 Å². The third-order valence-electron chi connectivity index (χ3n) is 3.82. The first-order chi connectivity index (χ1) is 9.08. The van der Waals surface area contributed by atoms with Gasteiger partial charge in [-0.2, -0.15) is 0 Å². The van der Waals surface area contributed by atoms with Gasteiger partial charge in [0.05, 0.1) is 11.8 Å². The summed E-state index contributed by atoms with van der Waals surface area (Å²) in [7, 11) is 2.12. The highest BCUT2D eigenvalue weighted by Crippen LogP contribution is 2.28. The molecule has 1 saturated heterocycles. The van der Waals surface area contributed by atoms with Gasteiger partial charge in [-0.15, -0.1) is 0 Å². The number of rotatable bonds is 5. The van der Waals surface area contributed by atoms with Gasteiger partial charge in [-0.05, 0) is 66.5 Å². The molecule has 0 unspecified atom stereocenters. The number of likely N-dealkylation sites (tertiary alicyclic amines) is 1. The molecule has 4 heteroatoms. The minimum Gasteiger partial charge on any atom is -0.389 e. The average molecular weight is 327 g/mol. The minimum absolute atomic E-state index is 0.416. The van der Waals surface area contributed by atoms with Crippen molar-refractivity contribution in [1.82, 2.24) is 4.90 Å². The number of anilines is 1. The van der Waals surface area contributed by atoms with Crippen molar-refractivity contribution in [3.8, 4) is 0 Å². The zero-order chi connectivity index (χ0) is 13.8. The van der Waals surface area contributed by atoms with Crippen LogP contribution < -0.4 is 4.90 Å². The fourth-order valence-electron chi connectivity index (χ4n) is 2.51. The van der Waals surface area contributed by atoms with Gasteiger partial charge in [0.2, 0.25) is 0 Å². The Morgan fingerprint density at radius 3 is 2.63 bits per heavy atom. The Balaban J connectivity index is 1.96. The molecule has 106 valence electrons. The molecule has 0 bridgehead atoms. The topological polar surface area (TPSA) is 26.7 Å². The highest BCUT2D eigenvalue weighted by Gasteiger charge is 2.13. The second kappa shape index (κ2) is 6.73. The Morgan fingerprint density at radius 1 is 1.37 bits per heavy atom. The lowest BCUT2D eigenvalue weighted by atomic mass is 10.1. The molecule has 0 aliphatic carbocycles. The lowest BCUT2D eigenvalue weighted by molar-refractivity contribution is 0.199. The van der Waals surface area contributed by atoms with Crippen LogP contribution in [0.25, 0.3) is 0 Å². The lowest BCUT2D eigenvalue weighted by Crippen LogP contribution is -2.31. The molecule has 0 amide bonds. The Kier molecular flexibility index (Phi) is 5.25. The Labute approximate surface area is 124 Å². The lowest BCUT2D eigenvalue weighted by Gasteiger charge is -2.24. The van der Waals surface area contributed by atoms with E-state index in [4.69, 9.17) is 0 Å². The van der Waals surface area contributed by atoms with E-state index in [1.165, 1.54) is 31.6 Å². The van der Waals surface area contributed by atoms with E-state index in [0.717, 1.165) is 23.1 Å². The van der Waals surface area contributed by atoms with Crippen LogP contribution in [-0.2, 0) is 0 Å². The van der Waals surface area contributed by atoms with E-state index in [1.54, 1.807) is 6.92 Å². The highest BCUT2D eigenvalue weighted by atomic mass is 79.9. The summed E-state index contributed by atoms with van der Waals surface area (Å²) in [6.45, 7) is 6.44. The van der Waals surface area contributed by atoms with Gasteiger partial charge in [0, 0.05) is 24.6 Å². The van der Waals surface area contributed by atoms with Crippen molar-refractivity contribution in [2.45, 2.75) is 25.9 Å². The van der Waals surface area contributed by atoms with Crippen LogP contribution in [-0.4, -0.2) is 43.2 Å². The van der Waals surface area contributed by atoms with Gasteiger partial charge < -0.3 is 14.9 Å². The van der Waals surface area contributed by atoms with Crippen LogP contribution in [0.15, 0.2) is 22.7 Å². The van der Waals surface area contributed by atoms with Crippen molar-refractivity contribution >= 4 is 21.6 Å². The molecule has 0 radical (unpaired) electrons. The summed E-state index contributed by atoms with van der Waals surface area (Å²) < 4.78 is 1.05. The zero-order valence-electron chi connectivity index (χ0n) is 11.8. The van der Waals surface area contributed by atoms with E-state index >= 15 is 0 Å². The monoisotopic (exact) mass is 326 g/mol. The van der Waals surface area contributed by atoms with Gasteiger partial charge in [-0.1, -0.05) is 6.07 Å². The molecule has 1 aromatic rings. The molecule has 0 saturated carbocycles. The number of benzene rings is 1. The smallest absolute Gasteiger partial charge is 0.0762 e. The molecule has 1 heterocycles. The summed E-state index contributed by atoms with van der Waals surface area (Å²) in [4.78, 5) is 4.79. The molecule has 1 aliphatic heterocycles. The number of aliphatic hydroxyl groups excluding tert-OH is 1. The number of hydrogen-bond donors (Lipinski definition) is 1. The summed E-state index contributed by atoms with van der Waals surface area (Å²) >= 11 is 3.60. The van der Waals surface area contributed by atoms with Crippen LogP contribution in [0.2, 0.25) is 0 Å². The maximum absolute atomic E-state index is 9.58. The van der Waals surface area contributed by atoms with E-state index in [-0.39, 0.29) is 0 Å². The predicted molar refractivity (Wildman–Crippen MR) is 83.7 cm³/mol. The fraction of sp³-hybridized carbons (Fsp3) is 0.600. The molecule has 2 rings (SSSR count). The van der Waals surface area contributed by atoms with Crippen molar-refractivity contribution in [3.63, 3.8) is 0 Å². The molecule has 3 nitrogen and oxygen atoms in total. The predicted octanol–water partition coefficient (Wildman–Crippen LogP) is 3.03. The number of aliphatic hydroxyl groups is 1. The highest BCUT2D eigenvalue weighted by molar-refractivity contribution is 9.10. The number of halogens is 1. The molecule has 0 aromatic heterocycles. The van der Waals surface area contributed by atoms with Crippen LogP contribution in [0.5, 0.6) is 0 Å². The Morgan fingerprint density at radius 2 is 2.05 bits per heavy atom. The molecule has 1 fully saturated rings. The normalized spacial score (nSPS) is 17.7. The molecule has 1 atom stereocenters. The van der Waals surface area contributed by atoms with E-state index in [0.29, 0.717) is 0 Å². The third kappa shape index (κ3) is 3.94. The molecule has 0 spiro atoms. The van der Waals surface area contributed by atoms with Crippen LogP contribution in [0.1, 0.15) is 31.4 Å². The van der Waals surface area contributed by atoms with E-state index in [9.17, 15) is 5.11 Å². The summed E-state index contributed by atoms with van der Waals surface area (Å²) in [6, 6.07) is 6.08. The zero-order valence-corrected chi connectivity index (χ0v) is 13.4. The quantitative estimate of drug-likeness (QED) is 0.900. The largest absolute Gasteiger partial charge is 0.389 e. The van der Waals surface area contributed by atoms with Crippen LogP contribution in [0.3, 0.4) is 0 Å². The second-order valence-corrected chi connectivity index (χ2v) is 6.21. The summed E-state index contributed by atoms with van der Waals surface area (Å²) in [5, 5.41) is 9.58. The Bertz CT molecular complexity index is 417. The molecule has 1 aliphatic rings. The third-order valence-corrected chi connectivity index (χ3v) is 4.45. The van der Waals surface area contributed by atoms with Gasteiger partial charge in [0.1, 0.15) is 0 Å². The minimum atomic E-state index is -0.416. The molecular weight excluding hydrogens is 304 g/mol. The second-order valence-electron chi connectivity index (χ2n) is 5.36. The first-order valence-electron chi connectivity index (χ1n) is 6.99. The summed E-state index contributed by atoms with van der Waals surface area (Å²) in [6.07, 6.45) is 2.27. The number of nitrogens with zero attached hydrogens (tertiary/aromatic N) is 2. The summed E-state index contributed by atoms with van der Waals surface area (Å²) in [5.74, 6) is 0. The van der Waals surface area contributed by atoms with Gasteiger partial charge >= 0.3 is 0 Å². The van der Waals surface area contributed by atoms with Gasteiger partial charge in [0.15, 0.2) is 0 Å². The molecular formula is C15H23BrN2O. The van der Waals surface area contributed by atoms with E-state index in [2.05, 4.69) is 38.8 Å². The first kappa shape index (κ1) is 14.8. The Hall–Kier alpha value is -0.580. The fourth-order valence-corrected chi connectivity index (χ4v) is 3.21. The van der Waals surface area contributed by atoms with Crippen molar-refractivity contribution in [1.29, 1.82) is 0 Å².